The molecule has 2 atom stereocenters. The Balaban J connectivity index is 1.57. The molecule has 20 heavy (non-hydrogen) atoms. The first-order chi connectivity index (χ1) is 9.63. The van der Waals surface area contributed by atoms with Crippen LogP contribution in [0.15, 0.2) is 27.1 Å². The van der Waals surface area contributed by atoms with Crippen LogP contribution >= 0.6 is 31.9 Å². The van der Waals surface area contributed by atoms with Gasteiger partial charge in [-0.2, -0.15) is 0 Å². The van der Waals surface area contributed by atoms with E-state index in [0.29, 0.717) is 6.04 Å². The number of fused-ring (bicyclic) bond motifs is 2. The van der Waals surface area contributed by atoms with E-state index in [4.69, 9.17) is 0 Å². The molecule has 2 aliphatic rings. The van der Waals surface area contributed by atoms with E-state index < -0.39 is 0 Å². The molecule has 2 bridgehead atoms. The lowest BCUT2D eigenvalue weighted by atomic mass is 9.82. The summed E-state index contributed by atoms with van der Waals surface area (Å²) in [7, 11) is 2.32. The Morgan fingerprint density at radius 2 is 1.85 bits per heavy atom. The fourth-order valence-corrected chi connectivity index (χ4v) is 4.37. The summed E-state index contributed by atoms with van der Waals surface area (Å²) in [5, 5.41) is 3.77. The number of nitrogens with zero attached hydrogens (tertiary/aromatic N) is 1. The molecule has 2 nitrogen and oxygen atoms in total. The molecule has 0 saturated carbocycles. The highest BCUT2D eigenvalue weighted by molar-refractivity contribution is 9.13. The summed E-state index contributed by atoms with van der Waals surface area (Å²) in [4.78, 5) is 2.62. The summed E-state index contributed by atoms with van der Waals surface area (Å²) in [5.41, 5.74) is 1.35. The minimum atomic E-state index is 0.684. The second-order valence-electron chi connectivity index (χ2n) is 6.20. The predicted molar refractivity (Wildman–Crippen MR) is 90.9 cm³/mol. The number of benzene rings is 1. The molecule has 3 rings (SSSR count). The average Bonchev–Trinajstić information content (AvgIpc) is 2.41. The molecule has 2 saturated heterocycles. The zero-order chi connectivity index (χ0) is 14.1. The quantitative estimate of drug-likeness (QED) is 0.811. The Morgan fingerprint density at radius 1 is 1.15 bits per heavy atom. The van der Waals surface area contributed by atoms with E-state index in [1.54, 1.807) is 0 Å². The summed E-state index contributed by atoms with van der Waals surface area (Å²) < 4.78 is 2.26. The van der Waals surface area contributed by atoms with Gasteiger partial charge in [-0.3, -0.25) is 0 Å². The second-order valence-corrected chi connectivity index (χ2v) is 7.91. The molecule has 0 amide bonds. The SMILES string of the molecule is CN1C2CCCC1CC(NCc1ccc(Br)c(Br)c1)C2. The molecule has 2 unspecified atom stereocenters. The van der Waals surface area contributed by atoms with Gasteiger partial charge in [-0.25, -0.2) is 0 Å². The summed E-state index contributed by atoms with van der Waals surface area (Å²) in [6.07, 6.45) is 6.81. The van der Waals surface area contributed by atoms with Crippen LogP contribution in [0.4, 0.5) is 0 Å². The first-order valence-corrected chi connectivity index (χ1v) is 9.11. The Labute approximate surface area is 138 Å². The van der Waals surface area contributed by atoms with E-state index in [9.17, 15) is 0 Å². The Morgan fingerprint density at radius 3 is 2.50 bits per heavy atom. The van der Waals surface area contributed by atoms with Crippen molar-refractivity contribution in [1.82, 2.24) is 10.2 Å². The van der Waals surface area contributed by atoms with Crippen molar-refractivity contribution in [3.8, 4) is 0 Å². The largest absolute Gasteiger partial charge is 0.310 e. The van der Waals surface area contributed by atoms with E-state index in [1.807, 2.05) is 0 Å². The molecule has 0 spiro atoms. The lowest BCUT2D eigenvalue weighted by Crippen LogP contribution is -2.54. The Hall–Kier alpha value is 0.1000. The fraction of sp³-hybridized carbons (Fsp3) is 0.625. The zero-order valence-electron chi connectivity index (χ0n) is 11.9. The van der Waals surface area contributed by atoms with E-state index in [0.717, 1.165) is 27.6 Å². The van der Waals surface area contributed by atoms with Crippen LogP contribution in [0.1, 0.15) is 37.7 Å². The summed E-state index contributed by atoms with van der Waals surface area (Å²) in [6.45, 7) is 0.972. The smallest absolute Gasteiger partial charge is 0.0320 e. The van der Waals surface area contributed by atoms with E-state index >= 15 is 0 Å². The van der Waals surface area contributed by atoms with Gasteiger partial charge in [0.1, 0.15) is 0 Å². The molecule has 0 aromatic heterocycles. The van der Waals surface area contributed by atoms with Crippen LogP contribution in [0.25, 0.3) is 0 Å². The van der Waals surface area contributed by atoms with Gasteiger partial charge in [0.2, 0.25) is 0 Å². The second kappa shape index (κ2) is 6.47. The maximum absolute atomic E-state index is 3.77. The highest BCUT2D eigenvalue weighted by Crippen LogP contribution is 2.32. The number of hydrogen-bond donors (Lipinski definition) is 1. The van der Waals surface area contributed by atoms with Crippen molar-refractivity contribution < 1.29 is 0 Å². The van der Waals surface area contributed by atoms with Crippen molar-refractivity contribution in [3.63, 3.8) is 0 Å². The molecule has 0 aliphatic carbocycles. The number of halogens is 2. The van der Waals surface area contributed by atoms with Crippen LogP contribution in [0.3, 0.4) is 0 Å². The number of piperidine rings is 2. The summed E-state index contributed by atoms with van der Waals surface area (Å²) in [5.74, 6) is 0. The monoisotopic (exact) mass is 400 g/mol. The predicted octanol–water partition coefficient (Wildman–Crippen LogP) is 4.32. The molecule has 1 aromatic carbocycles. The molecular formula is C16H22Br2N2. The highest BCUT2D eigenvalue weighted by Gasteiger charge is 2.35. The highest BCUT2D eigenvalue weighted by atomic mass is 79.9. The van der Waals surface area contributed by atoms with Crippen LogP contribution in [0.5, 0.6) is 0 Å². The topological polar surface area (TPSA) is 15.3 Å². The van der Waals surface area contributed by atoms with Crippen LogP contribution in [0, 0.1) is 0 Å². The van der Waals surface area contributed by atoms with Gasteiger partial charge in [0.15, 0.2) is 0 Å². The molecule has 2 fully saturated rings. The fourth-order valence-electron chi connectivity index (χ4n) is 3.69. The first kappa shape index (κ1) is 15.0. The van der Waals surface area contributed by atoms with Gasteiger partial charge in [0.25, 0.3) is 0 Å². The third-order valence-corrected chi connectivity index (χ3v) is 6.80. The van der Waals surface area contributed by atoms with Crippen LogP contribution < -0.4 is 5.32 Å². The summed E-state index contributed by atoms with van der Waals surface area (Å²) in [6, 6.07) is 8.80. The van der Waals surface area contributed by atoms with Gasteiger partial charge in [-0.15, -0.1) is 0 Å². The van der Waals surface area contributed by atoms with E-state index in [1.165, 1.54) is 37.7 Å². The molecule has 110 valence electrons. The van der Waals surface area contributed by atoms with Crippen molar-refractivity contribution in [2.45, 2.75) is 56.8 Å². The third kappa shape index (κ3) is 3.29. The maximum atomic E-state index is 3.77. The first-order valence-electron chi connectivity index (χ1n) is 7.52. The van der Waals surface area contributed by atoms with Crippen molar-refractivity contribution in [3.05, 3.63) is 32.7 Å². The normalized spacial score (nSPS) is 30.4. The van der Waals surface area contributed by atoms with Gasteiger partial charge in [0.05, 0.1) is 0 Å². The molecule has 2 heterocycles. The molecule has 4 heteroatoms. The number of hydrogen-bond acceptors (Lipinski definition) is 2. The standard InChI is InChI=1S/C16H22Br2N2/c1-20-13-3-2-4-14(20)9-12(8-13)19-10-11-5-6-15(17)16(18)7-11/h5-7,12-14,19H,2-4,8-10H2,1H3. The molecular weight excluding hydrogens is 380 g/mol. The van der Waals surface area contributed by atoms with Gasteiger partial charge in [0, 0.05) is 33.6 Å². The summed E-state index contributed by atoms with van der Waals surface area (Å²) >= 11 is 7.10. The van der Waals surface area contributed by atoms with Crippen LogP contribution in [-0.2, 0) is 6.54 Å². The molecule has 1 aromatic rings. The van der Waals surface area contributed by atoms with Crippen molar-refractivity contribution in [1.29, 1.82) is 0 Å². The lowest BCUT2D eigenvalue weighted by Gasteiger charge is -2.47. The lowest BCUT2D eigenvalue weighted by molar-refractivity contribution is 0.0482. The van der Waals surface area contributed by atoms with Gasteiger partial charge in [-0.05, 0) is 82.3 Å². The van der Waals surface area contributed by atoms with Crippen molar-refractivity contribution in [2.24, 2.45) is 0 Å². The Kier molecular flexibility index (Phi) is 4.86. The zero-order valence-corrected chi connectivity index (χ0v) is 15.1. The molecule has 2 aliphatic heterocycles. The number of rotatable bonds is 3. The molecule has 1 N–H and O–H groups in total. The molecule has 0 radical (unpaired) electrons. The van der Waals surface area contributed by atoms with Gasteiger partial charge < -0.3 is 10.2 Å². The van der Waals surface area contributed by atoms with Gasteiger partial charge in [-0.1, -0.05) is 12.5 Å². The van der Waals surface area contributed by atoms with Crippen LogP contribution in [-0.4, -0.2) is 30.1 Å². The maximum Gasteiger partial charge on any atom is 0.0320 e. The number of nitrogens with one attached hydrogen (secondary N) is 1. The average molecular weight is 402 g/mol. The van der Waals surface area contributed by atoms with Crippen LogP contribution in [0.2, 0.25) is 0 Å². The minimum absolute atomic E-state index is 0.684. The third-order valence-electron chi connectivity index (χ3n) is 4.92. The van der Waals surface area contributed by atoms with Crippen molar-refractivity contribution in [2.75, 3.05) is 7.05 Å². The van der Waals surface area contributed by atoms with E-state index in [-0.39, 0.29) is 0 Å². The van der Waals surface area contributed by atoms with Gasteiger partial charge >= 0.3 is 0 Å². The minimum Gasteiger partial charge on any atom is -0.310 e. The van der Waals surface area contributed by atoms with E-state index in [2.05, 4.69) is 67.3 Å². The van der Waals surface area contributed by atoms with Crippen molar-refractivity contribution >= 4 is 31.9 Å². The Bertz CT molecular complexity index is 464.